The predicted octanol–water partition coefficient (Wildman–Crippen LogP) is 1.54. The third-order valence-electron chi connectivity index (χ3n) is 5.61. The minimum Gasteiger partial charge on any atom is -0.311 e. The minimum absolute atomic E-state index is 0.721. The maximum atomic E-state index is 3.73. The zero-order valence-electron chi connectivity index (χ0n) is 12.1. The Hall–Kier alpha value is -0.120. The molecule has 0 radical (unpaired) electrons. The van der Waals surface area contributed by atoms with E-state index in [-0.39, 0.29) is 0 Å². The molecule has 0 aromatic heterocycles. The molecule has 0 aromatic rings. The summed E-state index contributed by atoms with van der Waals surface area (Å²) in [4.78, 5) is 5.55. The second-order valence-corrected chi connectivity index (χ2v) is 6.54. The summed E-state index contributed by atoms with van der Waals surface area (Å²) in [6, 6.07) is 2.47. The average Bonchev–Trinajstić information content (AvgIpc) is 3.00. The minimum atomic E-state index is 0.721. The van der Waals surface area contributed by atoms with Gasteiger partial charge in [0.05, 0.1) is 0 Å². The fraction of sp³-hybridized carbons (Fsp3) is 1.00. The Morgan fingerprint density at radius 1 is 1.11 bits per heavy atom. The molecule has 3 saturated heterocycles. The van der Waals surface area contributed by atoms with Gasteiger partial charge < -0.3 is 5.32 Å². The number of rotatable bonds is 3. The number of fused-ring (bicyclic) bond motifs is 1. The second-order valence-electron chi connectivity index (χ2n) is 6.54. The highest BCUT2D eigenvalue weighted by molar-refractivity contribution is 4.99. The predicted molar refractivity (Wildman–Crippen MR) is 75.8 cm³/mol. The van der Waals surface area contributed by atoms with E-state index < -0.39 is 0 Å². The first-order valence-corrected chi connectivity index (χ1v) is 8.01. The number of piperazine rings is 1. The highest BCUT2D eigenvalue weighted by atomic mass is 15.3. The van der Waals surface area contributed by atoms with E-state index in [1.165, 1.54) is 58.4 Å². The molecule has 0 aromatic carbocycles. The van der Waals surface area contributed by atoms with Crippen LogP contribution in [0, 0.1) is 5.92 Å². The zero-order valence-corrected chi connectivity index (χ0v) is 12.1. The van der Waals surface area contributed by atoms with Gasteiger partial charge in [0.25, 0.3) is 0 Å². The maximum Gasteiger partial charge on any atom is 0.0264 e. The molecule has 1 N–H and O–H groups in total. The summed E-state index contributed by atoms with van der Waals surface area (Å²) >= 11 is 0. The molecule has 3 aliphatic rings. The lowest BCUT2D eigenvalue weighted by Gasteiger charge is -2.41. The van der Waals surface area contributed by atoms with E-state index in [4.69, 9.17) is 0 Å². The highest BCUT2D eigenvalue weighted by Gasteiger charge is 2.41. The largest absolute Gasteiger partial charge is 0.311 e. The molecule has 18 heavy (non-hydrogen) atoms. The molecule has 0 saturated carbocycles. The molecule has 3 heteroatoms. The highest BCUT2D eigenvalue weighted by Crippen LogP contribution is 2.32. The molecule has 3 rings (SSSR count). The Bertz CT molecular complexity index is 281. The first-order chi connectivity index (χ1) is 8.79. The molecule has 0 bridgehead atoms. The standard InChI is InChI=1S/C15H29N3/c1-3-12(2)13-11-18(10-7-16-13)15-6-9-17-8-4-5-14(15)17/h12-16H,3-11H2,1-2H3. The van der Waals surface area contributed by atoms with Gasteiger partial charge in [-0.05, 0) is 31.7 Å². The summed E-state index contributed by atoms with van der Waals surface area (Å²) in [7, 11) is 0. The van der Waals surface area contributed by atoms with Crippen LogP contribution in [0.4, 0.5) is 0 Å². The molecule has 3 fully saturated rings. The van der Waals surface area contributed by atoms with Crippen molar-refractivity contribution < 1.29 is 0 Å². The van der Waals surface area contributed by atoms with E-state index >= 15 is 0 Å². The van der Waals surface area contributed by atoms with Crippen molar-refractivity contribution in [3.63, 3.8) is 0 Å². The van der Waals surface area contributed by atoms with Crippen molar-refractivity contribution in [2.75, 3.05) is 32.7 Å². The fourth-order valence-electron chi connectivity index (χ4n) is 4.25. The van der Waals surface area contributed by atoms with Gasteiger partial charge >= 0.3 is 0 Å². The maximum absolute atomic E-state index is 3.73. The van der Waals surface area contributed by atoms with Crippen LogP contribution >= 0.6 is 0 Å². The average molecular weight is 251 g/mol. The lowest BCUT2D eigenvalue weighted by atomic mass is 9.95. The van der Waals surface area contributed by atoms with Crippen LogP contribution in [-0.4, -0.2) is 60.6 Å². The van der Waals surface area contributed by atoms with Gasteiger partial charge in [0.15, 0.2) is 0 Å². The number of nitrogens with one attached hydrogen (secondary N) is 1. The lowest BCUT2D eigenvalue weighted by molar-refractivity contribution is 0.104. The van der Waals surface area contributed by atoms with Crippen molar-refractivity contribution in [2.45, 2.75) is 57.7 Å². The molecule has 3 heterocycles. The van der Waals surface area contributed by atoms with E-state index in [1.54, 1.807) is 0 Å². The van der Waals surface area contributed by atoms with Crippen molar-refractivity contribution >= 4 is 0 Å². The normalized spacial score (nSPS) is 40.0. The van der Waals surface area contributed by atoms with Gasteiger partial charge in [-0.1, -0.05) is 20.3 Å². The topological polar surface area (TPSA) is 18.5 Å². The van der Waals surface area contributed by atoms with Gasteiger partial charge in [-0.15, -0.1) is 0 Å². The van der Waals surface area contributed by atoms with E-state index in [0.29, 0.717) is 0 Å². The molecule has 4 atom stereocenters. The lowest BCUT2D eigenvalue weighted by Crippen LogP contribution is -2.57. The number of nitrogens with zero attached hydrogens (tertiary/aromatic N) is 2. The Morgan fingerprint density at radius 3 is 2.78 bits per heavy atom. The molecular weight excluding hydrogens is 222 g/mol. The monoisotopic (exact) mass is 251 g/mol. The molecule has 104 valence electrons. The zero-order chi connectivity index (χ0) is 12.5. The number of hydrogen-bond donors (Lipinski definition) is 1. The molecule has 0 amide bonds. The van der Waals surface area contributed by atoms with Gasteiger partial charge in [-0.2, -0.15) is 0 Å². The fourth-order valence-corrected chi connectivity index (χ4v) is 4.25. The van der Waals surface area contributed by atoms with Gasteiger partial charge in [0.2, 0.25) is 0 Å². The molecule has 0 aliphatic carbocycles. The van der Waals surface area contributed by atoms with Gasteiger partial charge in [-0.3, -0.25) is 9.80 Å². The summed E-state index contributed by atoms with van der Waals surface area (Å²) in [5, 5.41) is 3.73. The van der Waals surface area contributed by atoms with Gasteiger partial charge in [0.1, 0.15) is 0 Å². The van der Waals surface area contributed by atoms with E-state index in [9.17, 15) is 0 Å². The first-order valence-electron chi connectivity index (χ1n) is 8.01. The SMILES string of the molecule is CCC(C)C1CN(C2CCN3CCCC23)CCN1. The Balaban J connectivity index is 1.62. The Kier molecular flexibility index (Phi) is 3.92. The Labute approximate surface area is 112 Å². The molecular formula is C15H29N3. The number of hydrogen-bond acceptors (Lipinski definition) is 3. The van der Waals surface area contributed by atoms with Crippen molar-refractivity contribution in [2.24, 2.45) is 5.92 Å². The van der Waals surface area contributed by atoms with E-state index in [1.807, 2.05) is 0 Å². The summed E-state index contributed by atoms with van der Waals surface area (Å²) in [6.07, 6.45) is 5.59. The van der Waals surface area contributed by atoms with Gasteiger partial charge in [0, 0.05) is 44.3 Å². The Morgan fingerprint density at radius 2 is 1.94 bits per heavy atom. The van der Waals surface area contributed by atoms with Crippen molar-refractivity contribution in [3.05, 3.63) is 0 Å². The van der Waals surface area contributed by atoms with Crippen LogP contribution in [0.15, 0.2) is 0 Å². The summed E-state index contributed by atoms with van der Waals surface area (Å²) in [5.41, 5.74) is 0. The molecule has 4 unspecified atom stereocenters. The van der Waals surface area contributed by atoms with Crippen molar-refractivity contribution in [1.82, 2.24) is 15.1 Å². The van der Waals surface area contributed by atoms with E-state index in [0.717, 1.165) is 24.0 Å². The molecule has 3 nitrogen and oxygen atoms in total. The van der Waals surface area contributed by atoms with Crippen molar-refractivity contribution in [3.8, 4) is 0 Å². The van der Waals surface area contributed by atoms with E-state index in [2.05, 4.69) is 29.0 Å². The third-order valence-corrected chi connectivity index (χ3v) is 5.61. The van der Waals surface area contributed by atoms with Crippen LogP contribution in [0.25, 0.3) is 0 Å². The third kappa shape index (κ3) is 2.33. The quantitative estimate of drug-likeness (QED) is 0.821. The summed E-state index contributed by atoms with van der Waals surface area (Å²) < 4.78 is 0. The van der Waals surface area contributed by atoms with Crippen LogP contribution in [0.1, 0.15) is 39.5 Å². The van der Waals surface area contributed by atoms with Crippen LogP contribution in [0.3, 0.4) is 0 Å². The summed E-state index contributed by atoms with van der Waals surface area (Å²) in [5.74, 6) is 0.814. The smallest absolute Gasteiger partial charge is 0.0264 e. The first kappa shape index (κ1) is 12.9. The molecule has 0 spiro atoms. The van der Waals surface area contributed by atoms with Gasteiger partial charge in [-0.25, -0.2) is 0 Å². The summed E-state index contributed by atoms with van der Waals surface area (Å²) in [6.45, 7) is 11.2. The van der Waals surface area contributed by atoms with Crippen LogP contribution in [0.5, 0.6) is 0 Å². The molecule has 3 aliphatic heterocycles. The van der Waals surface area contributed by atoms with Crippen molar-refractivity contribution in [1.29, 1.82) is 0 Å². The van der Waals surface area contributed by atoms with Crippen LogP contribution < -0.4 is 5.32 Å². The second kappa shape index (κ2) is 5.48. The van der Waals surface area contributed by atoms with Crippen LogP contribution in [-0.2, 0) is 0 Å². The van der Waals surface area contributed by atoms with Crippen LogP contribution in [0.2, 0.25) is 0 Å².